The molecule has 1 aromatic heterocycles. The Bertz CT molecular complexity index is 597. The van der Waals surface area contributed by atoms with Gasteiger partial charge in [-0.25, -0.2) is 0 Å². The minimum Gasteiger partial charge on any atom is -0.423 e. The summed E-state index contributed by atoms with van der Waals surface area (Å²) in [6.45, 7) is 4.23. The molecule has 2 aliphatic rings. The van der Waals surface area contributed by atoms with Crippen LogP contribution in [0.2, 0.25) is 0 Å². The summed E-state index contributed by atoms with van der Waals surface area (Å²) < 4.78 is 5.81. The summed E-state index contributed by atoms with van der Waals surface area (Å²) in [6, 6.07) is 7.19. The second-order valence-corrected chi connectivity index (χ2v) is 5.48. The Balaban J connectivity index is 1.54. The Morgan fingerprint density at radius 3 is 2.68 bits per heavy atom. The highest BCUT2D eigenvalue weighted by molar-refractivity contribution is 5.78. The lowest BCUT2D eigenvalue weighted by Gasteiger charge is -2.33. The zero-order valence-electron chi connectivity index (χ0n) is 10.9. The molecule has 4 rings (SSSR count). The van der Waals surface area contributed by atoms with Crippen LogP contribution in [-0.2, 0) is 0 Å². The van der Waals surface area contributed by atoms with E-state index in [0.29, 0.717) is 0 Å². The van der Waals surface area contributed by atoms with Crippen molar-refractivity contribution in [1.82, 2.24) is 9.88 Å². The summed E-state index contributed by atoms with van der Waals surface area (Å²) in [5.74, 6) is 0. The van der Waals surface area contributed by atoms with Crippen molar-refractivity contribution in [3.8, 4) is 0 Å². The van der Waals surface area contributed by atoms with Gasteiger partial charge in [-0.1, -0.05) is 0 Å². The molecule has 0 amide bonds. The monoisotopic (exact) mass is 258 g/mol. The average molecular weight is 258 g/mol. The molecular weight excluding hydrogens is 240 g/mol. The normalized spacial score (nSPS) is 21.2. The third-order valence-electron chi connectivity index (χ3n) is 4.05. The van der Waals surface area contributed by atoms with Crippen molar-refractivity contribution in [2.24, 2.45) is 0 Å². The van der Waals surface area contributed by atoms with Crippen LogP contribution in [0.3, 0.4) is 0 Å². The van der Waals surface area contributed by atoms with Gasteiger partial charge in [0.15, 0.2) is 5.58 Å². The lowest BCUT2D eigenvalue weighted by atomic mass is 10.3. The standard InChI is InChI=1S/C14H18N4O/c15-10-1-4-13-12(9-10)16-14(19-13)18-7-5-17(6-8-18)11-2-3-11/h1,4,9,11H,2-3,5-8,15H2. The SMILES string of the molecule is Nc1ccc2oc(N3CCN(C4CC4)CC3)nc2c1. The zero-order valence-corrected chi connectivity index (χ0v) is 10.9. The van der Waals surface area contributed by atoms with Crippen molar-refractivity contribution in [2.75, 3.05) is 36.8 Å². The van der Waals surface area contributed by atoms with E-state index in [0.717, 1.165) is 55.0 Å². The highest BCUT2D eigenvalue weighted by atomic mass is 16.4. The Morgan fingerprint density at radius 1 is 1.16 bits per heavy atom. The molecule has 1 aliphatic carbocycles. The van der Waals surface area contributed by atoms with Crippen molar-refractivity contribution in [2.45, 2.75) is 18.9 Å². The van der Waals surface area contributed by atoms with Crippen molar-refractivity contribution in [3.63, 3.8) is 0 Å². The smallest absolute Gasteiger partial charge is 0.298 e. The molecule has 1 saturated carbocycles. The first kappa shape index (κ1) is 11.1. The van der Waals surface area contributed by atoms with E-state index in [9.17, 15) is 0 Å². The molecule has 1 aliphatic heterocycles. The molecule has 5 heteroatoms. The predicted octanol–water partition coefficient (Wildman–Crippen LogP) is 1.69. The molecule has 100 valence electrons. The first-order chi connectivity index (χ1) is 9.29. The predicted molar refractivity (Wildman–Crippen MR) is 75.2 cm³/mol. The number of nitrogens with zero attached hydrogens (tertiary/aromatic N) is 3. The Morgan fingerprint density at radius 2 is 1.95 bits per heavy atom. The van der Waals surface area contributed by atoms with Crippen molar-refractivity contribution in [1.29, 1.82) is 0 Å². The number of benzene rings is 1. The van der Waals surface area contributed by atoms with E-state index in [1.54, 1.807) is 0 Å². The summed E-state index contributed by atoms with van der Waals surface area (Å²) in [5.41, 5.74) is 8.16. The van der Waals surface area contributed by atoms with Crippen LogP contribution >= 0.6 is 0 Å². The van der Waals surface area contributed by atoms with Crippen LogP contribution in [0, 0.1) is 0 Å². The van der Waals surface area contributed by atoms with Gasteiger partial charge >= 0.3 is 0 Å². The first-order valence-corrected chi connectivity index (χ1v) is 6.95. The number of anilines is 2. The third kappa shape index (κ3) is 2.04. The molecule has 2 aromatic rings. The van der Waals surface area contributed by atoms with Crippen LogP contribution in [0.15, 0.2) is 22.6 Å². The molecule has 0 bridgehead atoms. The molecule has 0 atom stereocenters. The summed E-state index contributed by atoms with van der Waals surface area (Å²) in [6.07, 6.45) is 2.75. The van der Waals surface area contributed by atoms with E-state index < -0.39 is 0 Å². The van der Waals surface area contributed by atoms with E-state index in [2.05, 4.69) is 14.8 Å². The number of hydrogen-bond acceptors (Lipinski definition) is 5. The number of nitrogens with two attached hydrogens (primary N) is 1. The zero-order chi connectivity index (χ0) is 12.8. The van der Waals surface area contributed by atoms with Gasteiger partial charge in [0.1, 0.15) is 5.52 Å². The molecule has 0 radical (unpaired) electrons. The Labute approximate surface area is 112 Å². The van der Waals surface area contributed by atoms with Gasteiger partial charge in [0.25, 0.3) is 6.01 Å². The van der Waals surface area contributed by atoms with E-state index >= 15 is 0 Å². The number of hydrogen-bond donors (Lipinski definition) is 1. The summed E-state index contributed by atoms with van der Waals surface area (Å²) in [7, 11) is 0. The van der Waals surface area contributed by atoms with E-state index in [4.69, 9.17) is 10.2 Å². The van der Waals surface area contributed by atoms with Crippen molar-refractivity contribution in [3.05, 3.63) is 18.2 Å². The van der Waals surface area contributed by atoms with Crippen molar-refractivity contribution < 1.29 is 4.42 Å². The van der Waals surface area contributed by atoms with Gasteiger partial charge in [-0.15, -0.1) is 0 Å². The molecule has 2 heterocycles. The molecule has 1 saturated heterocycles. The van der Waals surface area contributed by atoms with Gasteiger partial charge in [-0.05, 0) is 31.0 Å². The van der Waals surface area contributed by atoms with Crippen LogP contribution in [0.25, 0.3) is 11.1 Å². The fraction of sp³-hybridized carbons (Fsp3) is 0.500. The van der Waals surface area contributed by atoms with Crippen molar-refractivity contribution >= 4 is 22.8 Å². The quantitative estimate of drug-likeness (QED) is 0.831. The molecular formula is C14H18N4O. The van der Waals surface area contributed by atoms with Gasteiger partial charge < -0.3 is 15.1 Å². The fourth-order valence-corrected chi connectivity index (χ4v) is 2.79. The van der Waals surface area contributed by atoms with Crippen LogP contribution in [-0.4, -0.2) is 42.1 Å². The van der Waals surface area contributed by atoms with Crippen LogP contribution < -0.4 is 10.6 Å². The average Bonchev–Trinajstić information content (AvgIpc) is 3.19. The van der Waals surface area contributed by atoms with E-state index in [1.807, 2.05) is 18.2 Å². The van der Waals surface area contributed by atoms with Gasteiger partial charge in [0, 0.05) is 37.9 Å². The van der Waals surface area contributed by atoms with E-state index in [1.165, 1.54) is 12.8 Å². The summed E-state index contributed by atoms with van der Waals surface area (Å²) in [5, 5.41) is 0. The highest BCUT2D eigenvalue weighted by Crippen LogP contribution is 2.29. The lowest BCUT2D eigenvalue weighted by Crippen LogP contribution is -2.47. The number of piperazine rings is 1. The number of fused-ring (bicyclic) bond motifs is 1. The molecule has 0 spiro atoms. The molecule has 5 nitrogen and oxygen atoms in total. The minimum absolute atomic E-state index is 0.728. The maximum absolute atomic E-state index is 5.81. The van der Waals surface area contributed by atoms with Gasteiger partial charge in [0.2, 0.25) is 0 Å². The number of rotatable bonds is 2. The van der Waals surface area contributed by atoms with E-state index in [-0.39, 0.29) is 0 Å². The number of aromatic nitrogens is 1. The first-order valence-electron chi connectivity index (χ1n) is 6.95. The number of oxazole rings is 1. The minimum atomic E-state index is 0.728. The van der Waals surface area contributed by atoms with Crippen LogP contribution in [0.5, 0.6) is 0 Å². The second-order valence-electron chi connectivity index (χ2n) is 5.48. The third-order valence-corrected chi connectivity index (χ3v) is 4.05. The highest BCUT2D eigenvalue weighted by Gasteiger charge is 2.32. The second kappa shape index (κ2) is 4.13. The Hall–Kier alpha value is -1.75. The van der Waals surface area contributed by atoms with Gasteiger partial charge in [-0.3, -0.25) is 4.90 Å². The molecule has 0 unspecified atom stereocenters. The molecule has 2 fully saturated rings. The maximum Gasteiger partial charge on any atom is 0.298 e. The summed E-state index contributed by atoms with van der Waals surface area (Å²) >= 11 is 0. The fourth-order valence-electron chi connectivity index (χ4n) is 2.79. The summed E-state index contributed by atoms with van der Waals surface area (Å²) in [4.78, 5) is 9.36. The largest absolute Gasteiger partial charge is 0.423 e. The van der Waals surface area contributed by atoms with Gasteiger partial charge in [-0.2, -0.15) is 4.98 Å². The Kier molecular flexibility index (Phi) is 2.41. The van der Waals surface area contributed by atoms with Crippen LogP contribution in [0.4, 0.5) is 11.7 Å². The van der Waals surface area contributed by atoms with Crippen LogP contribution in [0.1, 0.15) is 12.8 Å². The molecule has 1 aromatic carbocycles. The maximum atomic E-state index is 5.81. The molecule has 19 heavy (non-hydrogen) atoms. The molecule has 2 N–H and O–H groups in total. The van der Waals surface area contributed by atoms with Gasteiger partial charge in [0.05, 0.1) is 0 Å². The number of nitrogen functional groups attached to an aromatic ring is 1. The lowest BCUT2D eigenvalue weighted by molar-refractivity contribution is 0.244. The topological polar surface area (TPSA) is 58.5 Å².